The van der Waals surface area contributed by atoms with Crippen LogP contribution in [0.4, 0.5) is 10.5 Å². The van der Waals surface area contributed by atoms with Crippen LogP contribution < -0.4 is 9.64 Å². The second-order valence-corrected chi connectivity index (χ2v) is 5.08. The van der Waals surface area contributed by atoms with Gasteiger partial charge < -0.3 is 9.84 Å². The molecule has 1 aromatic rings. The monoisotopic (exact) mass is 329 g/mol. The number of amides is 1. The number of hydrogen-bond donors (Lipinski definition) is 1. The van der Waals surface area contributed by atoms with Crippen LogP contribution in [0, 0.1) is 0 Å². The molecule has 0 aliphatic rings. The van der Waals surface area contributed by atoms with Crippen LogP contribution in [0.3, 0.4) is 0 Å². The molecule has 0 heterocycles. The first-order valence-corrected chi connectivity index (χ1v) is 7.53. The van der Waals surface area contributed by atoms with E-state index in [1.807, 2.05) is 0 Å². The zero-order chi connectivity index (χ0) is 14.1. The Morgan fingerprint density at radius 2 is 1.84 bits per heavy atom. The first-order valence-electron chi connectivity index (χ1n) is 6.40. The highest BCUT2D eigenvalue weighted by Crippen LogP contribution is 2.18. The first-order chi connectivity index (χ1) is 9.15. The Hall–Kier alpha value is -1.23. The SMILES string of the molecule is CN(C(=O)O)c1ccc(OCCCCCCBr)cc1. The minimum atomic E-state index is -0.972. The molecule has 1 N–H and O–H groups in total. The van der Waals surface area contributed by atoms with Crippen LogP contribution >= 0.6 is 15.9 Å². The molecule has 106 valence electrons. The maximum atomic E-state index is 10.8. The van der Waals surface area contributed by atoms with E-state index in [1.54, 1.807) is 24.3 Å². The molecule has 5 heteroatoms. The van der Waals surface area contributed by atoms with Gasteiger partial charge in [-0.1, -0.05) is 28.8 Å². The number of anilines is 1. The van der Waals surface area contributed by atoms with E-state index in [1.165, 1.54) is 31.2 Å². The van der Waals surface area contributed by atoms with Crippen molar-refractivity contribution < 1.29 is 14.6 Å². The molecular formula is C14H20BrNO3. The van der Waals surface area contributed by atoms with E-state index in [9.17, 15) is 4.79 Å². The third kappa shape index (κ3) is 5.96. The van der Waals surface area contributed by atoms with Gasteiger partial charge in [0.1, 0.15) is 5.75 Å². The quantitative estimate of drug-likeness (QED) is 0.576. The minimum absolute atomic E-state index is 0.636. The van der Waals surface area contributed by atoms with Crippen LogP contribution in [0.5, 0.6) is 5.75 Å². The Morgan fingerprint density at radius 3 is 2.42 bits per heavy atom. The lowest BCUT2D eigenvalue weighted by Crippen LogP contribution is -2.23. The Labute approximate surface area is 122 Å². The van der Waals surface area contributed by atoms with Crippen molar-refractivity contribution in [3.63, 3.8) is 0 Å². The predicted molar refractivity (Wildman–Crippen MR) is 80.6 cm³/mol. The van der Waals surface area contributed by atoms with Crippen molar-refractivity contribution in [3.8, 4) is 5.75 Å². The number of nitrogens with zero attached hydrogens (tertiary/aromatic N) is 1. The molecule has 4 nitrogen and oxygen atoms in total. The van der Waals surface area contributed by atoms with Crippen LogP contribution in [0.15, 0.2) is 24.3 Å². The number of ether oxygens (including phenoxy) is 1. The summed E-state index contributed by atoms with van der Waals surface area (Å²) in [7, 11) is 1.52. The number of alkyl halides is 1. The number of carbonyl (C=O) groups is 1. The Kier molecular flexibility index (Phi) is 7.33. The Morgan fingerprint density at radius 1 is 1.21 bits per heavy atom. The van der Waals surface area contributed by atoms with Crippen LogP contribution in [0.25, 0.3) is 0 Å². The van der Waals surface area contributed by atoms with E-state index >= 15 is 0 Å². The summed E-state index contributed by atoms with van der Waals surface area (Å²) >= 11 is 3.41. The van der Waals surface area contributed by atoms with Gasteiger partial charge in [0, 0.05) is 18.1 Å². The molecule has 0 unspecified atom stereocenters. The van der Waals surface area contributed by atoms with E-state index in [0.717, 1.165) is 17.5 Å². The smallest absolute Gasteiger partial charge is 0.411 e. The summed E-state index contributed by atoms with van der Waals surface area (Å²) in [5.74, 6) is 0.781. The van der Waals surface area contributed by atoms with Gasteiger partial charge in [0.25, 0.3) is 0 Å². The van der Waals surface area contributed by atoms with Gasteiger partial charge in [0.05, 0.1) is 6.61 Å². The van der Waals surface area contributed by atoms with E-state index in [0.29, 0.717) is 12.3 Å². The van der Waals surface area contributed by atoms with Gasteiger partial charge in [-0.15, -0.1) is 0 Å². The number of halogens is 1. The third-order valence-electron chi connectivity index (χ3n) is 2.81. The number of benzene rings is 1. The topological polar surface area (TPSA) is 49.8 Å². The Bertz CT molecular complexity index is 381. The van der Waals surface area contributed by atoms with Crippen molar-refractivity contribution in [1.29, 1.82) is 0 Å². The molecule has 1 aromatic carbocycles. The van der Waals surface area contributed by atoms with Gasteiger partial charge in [-0.3, -0.25) is 4.90 Å². The first kappa shape index (κ1) is 15.8. The minimum Gasteiger partial charge on any atom is -0.494 e. The zero-order valence-corrected chi connectivity index (χ0v) is 12.7. The molecular weight excluding hydrogens is 310 g/mol. The molecule has 0 spiro atoms. The Balaban J connectivity index is 2.30. The highest BCUT2D eigenvalue weighted by atomic mass is 79.9. The summed E-state index contributed by atoms with van der Waals surface area (Å²) in [5, 5.41) is 9.90. The summed E-state index contributed by atoms with van der Waals surface area (Å²) in [5.41, 5.74) is 0.636. The van der Waals surface area contributed by atoms with Gasteiger partial charge in [-0.25, -0.2) is 4.79 Å². The van der Waals surface area contributed by atoms with Crippen LogP contribution in [-0.2, 0) is 0 Å². The lowest BCUT2D eigenvalue weighted by atomic mass is 10.2. The van der Waals surface area contributed by atoms with Gasteiger partial charge in [0.2, 0.25) is 0 Å². The lowest BCUT2D eigenvalue weighted by Gasteiger charge is -2.13. The second kappa shape index (κ2) is 8.80. The van der Waals surface area contributed by atoms with E-state index in [-0.39, 0.29) is 0 Å². The highest BCUT2D eigenvalue weighted by molar-refractivity contribution is 9.09. The molecule has 0 saturated heterocycles. The third-order valence-corrected chi connectivity index (χ3v) is 3.37. The average Bonchev–Trinajstić information content (AvgIpc) is 2.42. The van der Waals surface area contributed by atoms with Gasteiger partial charge in [-0.2, -0.15) is 0 Å². The summed E-state index contributed by atoms with van der Waals surface area (Å²) in [6.07, 6.45) is 3.67. The standard InChI is InChI=1S/C14H20BrNO3/c1-16(14(17)18)12-6-8-13(9-7-12)19-11-5-3-2-4-10-15/h6-9H,2-5,10-11H2,1H3,(H,17,18). The van der Waals surface area contributed by atoms with Crippen LogP contribution in [-0.4, -0.2) is 30.2 Å². The zero-order valence-electron chi connectivity index (χ0n) is 11.1. The summed E-state index contributed by atoms with van der Waals surface area (Å²) in [6, 6.07) is 7.09. The van der Waals surface area contributed by atoms with Gasteiger partial charge >= 0.3 is 6.09 Å². The summed E-state index contributed by atoms with van der Waals surface area (Å²) in [6.45, 7) is 0.705. The fraction of sp³-hybridized carbons (Fsp3) is 0.500. The molecule has 1 rings (SSSR count). The maximum Gasteiger partial charge on any atom is 0.411 e. The number of hydrogen-bond acceptors (Lipinski definition) is 2. The molecule has 1 amide bonds. The van der Waals surface area contributed by atoms with Gasteiger partial charge in [-0.05, 0) is 37.1 Å². The molecule has 0 radical (unpaired) electrons. The van der Waals surface area contributed by atoms with Crippen molar-refractivity contribution in [2.75, 3.05) is 23.9 Å². The van der Waals surface area contributed by atoms with Crippen molar-refractivity contribution in [1.82, 2.24) is 0 Å². The summed E-state index contributed by atoms with van der Waals surface area (Å²) in [4.78, 5) is 11.9. The fourth-order valence-corrected chi connectivity index (χ4v) is 2.01. The van der Waals surface area contributed by atoms with E-state index in [2.05, 4.69) is 15.9 Å². The van der Waals surface area contributed by atoms with Crippen molar-refractivity contribution in [2.45, 2.75) is 25.7 Å². The molecule has 0 aliphatic carbocycles. The van der Waals surface area contributed by atoms with Crippen molar-refractivity contribution >= 4 is 27.7 Å². The average molecular weight is 330 g/mol. The molecule has 0 aliphatic heterocycles. The predicted octanol–water partition coefficient (Wildman–Crippen LogP) is 4.13. The largest absolute Gasteiger partial charge is 0.494 e. The number of carboxylic acid groups (broad SMARTS) is 1. The fourth-order valence-electron chi connectivity index (χ4n) is 1.62. The van der Waals surface area contributed by atoms with Gasteiger partial charge in [0.15, 0.2) is 0 Å². The molecule has 0 atom stereocenters. The van der Waals surface area contributed by atoms with Crippen LogP contribution in [0.2, 0.25) is 0 Å². The molecule has 0 fully saturated rings. The molecule has 0 saturated carbocycles. The molecule has 0 aromatic heterocycles. The second-order valence-electron chi connectivity index (χ2n) is 4.29. The van der Waals surface area contributed by atoms with E-state index < -0.39 is 6.09 Å². The molecule has 0 bridgehead atoms. The molecule has 19 heavy (non-hydrogen) atoms. The lowest BCUT2D eigenvalue weighted by molar-refractivity contribution is 0.203. The van der Waals surface area contributed by atoms with E-state index in [4.69, 9.17) is 9.84 Å². The van der Waals surface area contributed by atoms with Crippen LogP contribution in [0.1, 0.15) is 25.7 Å². The van der Waals surface area contributed by atoms with Crippen molar-refractivity contribution in [3.05, 3.63) is 24.3 Å². The highest BCUT2D eigenvalue weighted by Gasteiger charge is 2.07. The number of unbranched alkanes of at least 4 members (excludes halogenated alkanes) is 3. The van der Waals surface area contributed by atoms with Crippen molar-refractivity contribution in [2.24, 2.45) is 0 Å². The maximum absolute atomic E-state index is 10.8. The number of rotatable bonds is 8. The normalized spacial score (nSPS) is 10.2. The summed E-state index contributed by atoms with van der Waals surface area (Å²) < 4.78 is 5.60.